The molecule has 0 aromatic heterocycles. The molecule has 3 atom stereocenters. The number of ether oxygens (including phenoxy) is 1. The van der Waals surface area contributed by atoms with Gasteiger partial charge in [-0.2, -0.15) is 0 Å². The lowest BCUT2D eigenvalue weighted by atomic mass is 10.0. The highest BCUT2D eigenvalue weighted by Crippen LogP contribution is 2.17. The first-order valence-electron chi connectivity index (χ1n) is 14.4. The number of nitrogens with one attached hydrogen (secondary N) is 2. The maximum Gasteiger partial charge on any atom is 0.334 e. The number of hydrogen-bond acceptors (Lipinski definition) is 7. The highest BCUT2D eigenvalue weighted by atomic mass is 19.1. The van der Waals surface area contributed by atoms with Crippen LogP contribution in [0.4, 0.5) is 4.39 Å². The summed E-state index contributed by atoms with van der Waals surface area (Å²) >= 11 is 0. The number of rotatable bonds is 16. The molecule has 14 heteroatoms. The lowest BCUT2D eigenvalue weighted by Crippen LogP contribution is -2.55. The van der Waals surface area contributed by atoms with Gasteiger partial charge in [0.05, 0.1) is 6.04 Å². The summed E-state index contributed by atoms with van der Waals surface area (Å²) in [4.78, 5) is 47.6. The molecule has 3 rings (SSSR count). The van der Waals surface area contributed by atoms with Crippen LogP contribution in [0.3, 0.4) is 0 Å². The number of amides is 2. The van der Waals surface area contributed by atoms with E-state index >= 15 is 0 Å². The molecule has 12 N–H and O–H groups in total. The van der Waals surface area contributed by atoms with Crippen molar-refractivity contribution < 1.29 is 23.5 Å². The number of benzene rings is 3. The average molecular weight is 622 g/mol. The Morgan fingerprint density at radius 2 is 1.33 bits per heavy atom. The van der Waals surface area contributed by atoms with Gasteiger partial charge in [0.25, 0.3) is 0 Å². The summed E-state index contributed by atoms with van der Waals surface area (Å²) in [5, 5.41) is 7.44. The molecule has 0 aliphatic carbocycles. The molecule has 0 unspecified atom stereocenters. The van der Waals surface area contributed by atoms with Crippen molar-refractivity contribution in [3.05, 3.63) is 78.1 Å². The van der Waals surface area contributed by atoms with Crippen LogP contribution in [0, 0.1) is 5.82 Å². The molecule has 0 radical (unpaired) electrons. The summed E-state index contributed by atoms with van der Waals surface area (Å²) in [6.45, 7) is 0.403. The zero-order valence-corrected chi connectivity index (χ0v) is 24.8. The molecule has 0 fully saturated rings. The molecular weight excluding hydrogens is 581 g/mol. The predicted octanol–water partition coefficient (Wildman–Crippen LogP) is 0.531. The van der Waals surface area contributed by atoms with Crippen LogP contribution in [0.1, 0.15) is 31.2 Å². The summed E-state index contributed by atoms with van der Waals surface area (Å²) < 4.78 is 18.7. The minimum absolute atomic E-state index is 0.0895. The molecule has 45 heavy (non-hydrogen) atoms. The Labute approximate surface area is 260 Å². The number of nitrogens with zero attached hydrogens (tertiary/aromatic N) is 2. The molecule has 3 aromatic rings. The Morgan fingerprint density at radius 3 is 1.96 bits per heavy atom. The summed E-state index contributed by atoms with van der Waals surface area (Å²) in [5.74, 6) is -2.63. The predicted molar refractivity (Wildman–Crippen MR) is 171 cm³/mol. The first-order valence-corrected chi connectivity index (χ1v) is 14.4. The number of esters is 1. The van der Waals surface area contributed by atoms with Crippen molar-refractivity contribution in [3.63, 3.8) is 0 Å². The Hall–Kier alpha value is -5.24. The number of nitrogens with two attached hydrogens (primary N) is 5. The molecule has 0 aliphatic rings. The number of hydrogen-bond donors (Lipinski definition) is 7. The second-order valence-electron chi connectivity index (χ2n) is 10.4. The van der Waals surface area contributed by atoms with Gasteiger partial charge in [-0.25, -0.2) is 9.18 Å². The number of fused-ring (bicyclic) bond motifs is 1. The van der Waals surface area contributed by atoms with Gasteiger partial charge in [-0.05, 0) is 72.7 Å². The second kappa shape index (κ2) is 17.2. The molecule has 2 amide bonds. The van der Waals surface area contributed by atoms with Crippen molar-refractivity contribution >= 4 is 40.5 Å². The molecule has 0 bridgehead atoms. The van der Waals surface area contributed by atoms with Crippen LogP contribution in [0.25, 0.3) is 10.8 Å². The van der Waals surface area contributed by atoms with Crippen molar-refractivity contribution in [2.75, 3.05) is 13.1 Å². The van der Waals surface area contributed by atoms with Crippen molar-refractivity contribution in [1.82, 2.24) is 10.6 Å². The fourth-order valence-electron chi connectivity index (χ4n) is 4.48. The normalized spacial score (nSPS) is 12.8. The Balaban J connectivity index is 1.73. The first-order chi connectivity index (χ1) is 21.5. The number of aliphatic imine (C=N–C) groups is 2. The summed E-state index contributed by atoms with van der Waals surface area (Å²) in [5.41, 5.74) is 28.7. The SMILES string of the molecule is NC(N)=NCCC[C@H](NC(=O)[C@@H](N)Cc1ccc2ccccc2c1)C(=O)N[C@@H](CCCN=C(N)N)C(=O)Oc1ccc(F)cc1. The van der Waals surface area contributed by atoms with Gasteiger partial charge < -0.3 is 44.0 Å². The Morgan fingerprint density at radius 1 is 0.756 bits per heavy atom. The van der Waals surface area contributed by atoms with Gasteiger partial charge in [0.1, 0.15) is 23.7 Å². The van der Waals surface area contributed by atoms with E-state index in [1.165, 1.54) is 12.1 Å². The van der Waals surface area contributed by atoms with Crippen LogP contribution in [-0.2, 0) is 20.8 Å². The third kappa shape index (κ3) is 11.8. The molecule has 0 heterocycles. The van der Waals surface area contributed by atoms with Gasteiger partial charge >= 0.3 is 5.97 Å². The largest absolute Gasteiger partial charge is 0.425 e. The quantitative estimate of drug-likeness (QED) is 0.0387. The van der Waals surface area contributed by atoms with Crippen molar-refractivity contribution in [2.24, 2.45) is 38.7 Å². The van der Waals surface area contributed by atoms with Crippen LogP contribution in [0.2, 0.25) is 0 Å². The van der Waals surface area contributed by atoms with E-state index < -0.39 is 41.7 Å². The highest BCUT2D eigenvalue weighted by molar-refractivity contribution is 5.92. The Kier molecular flexibility index (Phi) is 13.1. The molecular formula is C31H40FN9O4. The van der Waals surface area contributed by atoms with Gasteiger partial charge in [0, 0.05) is 13.1 Å². The van der Waals surface area contributed by atoms with Crippen LogP contribution in [-0.4, -0.2) is 60.9 Å². The monoisotopic (exact) mass is 621 g/mol. The van der Waals surface area contributed by atoms with Crippen LogP contribution in [0.15, 0.2) is 76.7 Å². The van der Waals surface area contributed by atoms with E-state index in [2.05, 4.69) is 20.6 Å². The summed E-state index contributed by atoms with van der Waals surface area (Å²) in [6, 6.07) is 15.3. The standard InChI is InChI=1S/C31H40FN9O4/c32-22-11-13-23(14-12-22)45-29(44)26(8-4-16-39-31(36)37)41-28(43)25(7-3-15-38-30(34)35)40-27(42)24(33)18-19-9-10-20-5-1-2-6-21(20)17-19/h1-2,5-6,9-14,17,24-26H,3-4,7-8,15-16,18,33H2,(H,40,42)(H,41,43)(H4,34,35,38)(H4,36,37,39)/t24-,25-,26-/m0/s1. The Bertz CT molecular complexity index is 1510. The fourth-order valence-corrected chi connectivity index (χ4v) is 4.48. The van der Waals surface area contributed by atoms with E-state index in [1.54, 1.807) is 0 Å². The number of guanidine groups is 2. The van der Waals surface area contributed by atoms with E-state index in [0.29, 0.717) is 12.8 Å². The lowest BCUT2D eigenvalue weighted by molar-refractivity contribution is -0.140. The summed E-state index contributed by atoms with van der Waals surface area (Å²) in [6.07, 6.45) is 1.14. The van der Waals surface area contributed by atoms with Crippen molar-refractivity contribution in [1.29, 1.82) is 0 Å². The van der Waals surface area contributed by atoms with E-state index in [1.807, 2.05) is 42.5 Å². The molecule has 0 aliphatic heterocycles. The third-order valence-electron chi connectivity index (χ3n) is 6.76. The first kappa shape index (κ1) is 34.3. The van der Waals surface area contributed by atoms with Crippen LogP contribution in [0.5, 0.6) is 5.75 Å². The van der Waals surface area contributed by atoms with Gasteiger partial charge in [0.2, 0.25) is 11.8 Å². The maximum atomic E-state index is 13.5. The van der Waals surface area contributed by atoms with E-state index in [4.69, 9.17) is 33.4 Å². The van der Waals surface area contributed by atoms with Crippen molar-refractivity contribution in [3.8, 4) is 5.75 Å². The minimum Gasteiger partial charge on any atom is -0.425 e. The molecule has 3 aromatic carbocycles. The minimum atomic E-state index is -1.14. The number of carbonyl (C=O) groups is 3. The lowest BCUT2D eigenvalue weighted by Gasteiger charge is -2.24. The second-order valence-corrected chi connectivity index (χ2v) is 10.4. The van der Waals surface area contributed by atoms with Gasteiger partial charge in [-0.15, -0.1) is 0 Å². The maximum absolute atomic E-state index is 13.5. The van der Waals surface area contributed by atoms with Crippen molar-refractivity contribution in [2.45, 2.75) is 50.2 Å². The topological polar surface area (TPSA) is 239 Å². The van der Waals surface area contributed by atoms with E-state index in [0.717, 1.165) is 28.5 Å². The highest BCUT2D eigenvalue weighted by Gasteiger charge is 2.29. The molecule has 240 valence electrons. The van der Waals surface area contributed by atoms with Gasteiger partial charge in [-0.1, -0.05) is 42.5 Å². The summed E-state index contributed by atoms with van der Waals surface area (Å²) in [7, 11) is 0. The van der Waals surface area contributed by atoms with Crippen LogP contribution >= 0.6 is 0 Å². The van der Waals surface area contributed by atoms with E-state index in [9.17, 15) is 18.8 Å². The zero-order chi connectivity index (χ0) is 32.8. The zero-order valence-electron chi connectivity index (χ0n) is 24.8. The molecule has 0 saturated carbocycles. The smallest absolute Gasteiger partial charge is 0.334 e. The third-order valence-corrected chi connectivity index (χ3v) is 6.76. The van der Waals surface area contributed by atoms with Gasteiger partial charge in [-0.3, -0.25) is 19.6 Å². The average Bonchev–Trinajstić information content (AvgIpc) is 3.00. The van der Waals surface area contributed by atoms with E-state index in [-0.39, 0.29) is 50.0 Å². The molecule has 0 saturated heterocycles. The number of carbonyl (C=O) groups excluding carboxylic acids is 3. The van der Waals surface area contributed by atoms with Gasteiger partial charge in [0.15, 0.2) is 11.9 Å². The molecule has 13 nitrogen and oxygen atoms in total. The molecule has 0 spiro atoms. The number of halogens is 1. The van der Waals surface area contributed by atoms with Crippen LogP contribution < -0.4 is 44.0 Å². The fraction of sp³-hybridized carbons (Fsp3) is 0.323.